The van der Waals surface area contributed by atoms with Crippen LogP contribution in [0, 0.1) is 5.82 Å². The molecule has 0 unspecified atom stereocenters. The third kappa shape index (κ3) is 5.27. The van der Waals surface area contributed by atoms with Gasteiger partial charge in [-0.05, 0) is 42.2 Å². The highest BCUT2D eigenvalue weighted by atomic mass is 127. The number of benzene rings is 2. The van der Waals surface area contributed by atoms with Gasteiger partial charge in [0.2, 0.25) is 5.75 Å². The van der Waals surface area contributed by atoms with E-state index in [1.165, 1.54) is 6.07 Å². The molecule has 0 atom stereocenters. The summed E-state index contributed by atoms with van der Waals surface area (Å²) in [6.45, 7) is 1.14. The number of nitrogens with one attached hydrogen (secondary N) is 2. The van der Waals surface area contributed by atoms with Gasteiger partial charge in [0.05, 0.1) is 21.3 Å². The molecule has 1 fully saturated rings. The van der Waals surface area contributed by atoms with E-state index < -0.39 is 0 Å². The Hall–Kier alpha value is -2.23. The summed E-state index contributed by atoms with van der Waals surface area (Å²) in [4.78, 5) is 4.28. The number of guanidine groups is 1. The molecule has 3 rings (SSSR count). The highest BCUT2D eigenvalue weighted by molar-refractivity contribution is 14.0. The highest BCUT2D eigenvalue weighted by Crippen LogP contribution is 2.48. The maximum Gasteiger partial charge on any atom is 0.203 e. The lowest BCUT2D eigenvalue weighted by atomic mass is 9.95. The molecule has 0 amide bonds. The molecule has 30 heavy (non-hydrogen) atoms. The molecular weight excluding hydrogens is 500 g/mol. The Morgan fingerprint density at radius 3 is 2.17 bits per heavy atom. The van der Waals surface area contributed by atoms with Gasteiger partial charge in [-0.25, -0.2) is 4.39 Å². The second-order valence-electron chi connectivity index (χ2n) is 7.07. The maximum absolute atomic E-state index is 14.2. The zero-order valence-corrected chi connectivity index (χ0v) is 20.1. The number of nitrogens with zero attached hydrogens (tertiary/aromatic N) is 1. The topological polar surface area (TPSA) is 64.1 Å². The summed E-state index contributed by atoms with van der Waals surface area (Å²) in [5.41, 5.74) is 1.57. The molecular formula is C22H29FIN3O3. The Balaban J connectivity index is 0.00000320. The predicted octanol–water partition coefficient (Wildman–Crippen LogP) is 3.87. The van der Waals surface area contributed by atoms with Crippen molar-refractivity contribution >= 4 is 29.9 Å². The monoisotopic (exact) mass is 529 g/mol. The summed E-state index contributed by atoms with van der Waals surface area (Å²) in [6, 6.07) is 10.8. The Bertz CT molecular complexity index is 863. The fraction of sp³-hybridized carbons (Fsp3) is 0.409. The van der Waals surface area contributed by atoms with Crippen LogP contribution in [0.3, 0.4) is 0 Å². The minimum atomic E-state index is -0.157. The van der Waals surface area contributed by atoms with Gasteiger partial charge in [-0.2, -0.15) is 0 Å². The van der Waals surface area contributed by atoms with Crippen molar-refractivity contribution in [2.75, 3.05) is 34.9 Å². The van der Waals surface area contributed by atoms with E-state index in [0.717, 1.165) is 24.0 Å². The average molecular weight is 529 g/mol. The molecule has 0 saturated heterocycles. The lowest BCUT2D eigenvalue weighted by Gasteiger charge is -2.20. The van der Waals surface area contributed by atoms with E-state index in [0.29, 0.717) is 36.3 Å². The molecule has 164 valence electrons. The van der Waals surface area contributed by atoms with Crippen LogP contribution in [0.1, 0.15) is 24.0 Å². The van der Waals surface area contributed by atoms with Crippen molar-refractivity contribution in [1.29, 1.82) is 0 Å². The van der Waals surface area contributed by atoms with Crippen LogP contribution in [0.5, 0.6) is 17.2 Å². The van der Waals surface area contributed by atoms with Gasteiger partial charge in [0.15, 0.2) is 17.5 Å². The molecule has 6 nitrogen and oxygen atoms in total. The van der Waals surface area contributed by atoms with Gasteiger partial charge in [0, 0.05) is 25.6 Å². The summed E-state index contributed by atoms with van der Waals surface area (Å²) >= 11 is 0. The largest absolute Gasteiger partial charge is 0.493 e. The van der Waals surface area contributed by atoms with Crippen LogP contribution < -0.4 is 24.8 Å². The Labute approximate surface area is 194 Å². The molecule has 1 aliphatic rings. The van der Waals surface area contributed by atoms with Crippen molar-refractivity contribution < 1.29 is 18.6 Å². The first-order chi connectivity index (χ1) is 14.1. The van der Waals surface area contributed by atoms with Gasteiger partial charge in [0.1, 0.15) is 5.82 Å². The zero-order chi connectivity index (χ0) is 20.9. The first-order valence-corrected chi connectivity index (χ1v) is 9.55. The van der Waals surface area contributed by atoms with Crippen molar-refractivity contribution in [3.8, 4) is 17.2 Å². The molecule has 0 spiro atoms. The molecule has 0 aliphatic heterocycles. The molecule has 0 heterocycles. The van der Waals surface area contributed by atoms with E-state index in [1.807, 2.05) is 24.3 Å². The lowest BCUT2D eigenvalue weighted by Crippen LogP contribution is -2.41. The van der Waals surface area contributed by atoms with E-state index in [-0.39, 0.29) is 35.2 Å². The van der Waals surface area contributed by atoms with Gasteiger partial charge in [-0.1, -0.05) is 18.2 Å². The summed E-state index contributed by atoms with van der Waals surface area (Å²) in [5, 5.41) is 6.62. The van der Waals surface area contributed by atoms with Crippen LogP contribution in [0.15, 0.2) is 41.4 Å². The smallest absolute Gasteiger partial charge is 0.203 e. The molecule has 8 heteroatoms. The first-order valence-electron chi connectivity index (χ1n) is 9.55. The van der Waals surface area contributed by atoms with Crippen LogP contribution in [0.2, 0.25) is 0 Å². The number of ether oxygens (including phenoxy) is 3. The van der Waals surface area contributed by atoms with E-state index in [2.05, 4.69) is 15.6 Å². The van der Waals surface area contributed by atoms with Gasteiger partial charge >= 0.3 is 0 Å². The SMILES string of the molecule is CN=C(NCc1cc(OC)c(OC)c(OC)c1)NCC1(c2ccccc2F)CC1.I. The van der Waals surface area contributed by atoms with E-state index >= 15 is 0 Å². The minimum absolute atomic E-state index is 0. The van der Waals surface area contributed by atoms with Crippen molar-refractivity contribution in [3.63, 3.8) is 0 Å². The fourth-order valence-corrected chi connectivity index (χ4v) is 3.48. The van der Waals surface area contributed by atoms with Gasteiger partial charge in [-0.15, -0.1) is 24.0 Å². The second kappa shape index (κ2) is 10.7. The summed E-state index contributed by atoms with van der Waals surface area (Å²) in [6.07, 6.45) is 1.93. The number of hydrogen-bond acceptors (Lipinski definition) is 4. The van der Waals surface area contributed by atoms with Gasteiger partial charge in [0.25, 0.3) is 0 Å². The standard InChI is InChI=1S/C22H28FN3O3.HI/c1-24-21(26-14-22(9-10-22)16-7-5-6-8-17(16)23)25-13-15-11-18(27-2)20(29-4)19(12-15)28-3;/h5-8,11-12H,9-10,13-14H2,1-4H3,(H2,24,25,26);1H. The first kappa shape index (κ1) is 24.0. The average Bonchev–Trinajstić information content (AvgIpc) is 3.54. The van der Waals surface area contributed by atoms with Crippen molar-refractivity contribution in [3.05, 3.63) is 53.3 Å². The number of hydrogen-bond donors (Lipinski definition) is 2. The van der Waals surface area contributed by atoms with E-state index in [9.17, 15) is 4.39 Å². The molecule has 0 radical (unpaired) electrons. The Morgan fingerprint density at radius 2 is 1.67 bits per heavy atom. The zero-order valence-electron chi connectivity index (χ0n) is 17.8. The van der Waals surface area contributed by atoms with Crippen LogP contribution >= 0.6 is 24.0 Å². The van der Waals surface area contributed by atoms with Crippen molar-refractivity contribution in [1.82, 2.24) is 10.6 Å². The molecule has 2 N–H and O–H groups in total. The summed E-state index contributed by atoms with van der Waals surface area (Å²) < 4.78 is 30.4. The van der Waals surface area contributed by atoms with Crippen molar-refractivity contribution in [2.45, 2.75) is 24.8 Å². The van der Waals surface area contributed by atoms with E-state index in [4.69, 9.17) is 14.2 Å². The quantitative estimate of drug-likeness (QED) is 0.309. The van der Waals surface area contributed by atoms with Gasteiger partial charge in [-0.3, -0.25) is 4.99 Å². The van der Waals surface area contributed by atoms with Crippen LogP contribution in [0.25, 0.3) is 0 Å². The molecule has 2 aromatic rings. The molecule has 1 saturated carbocycles. The number of rotatable bonds is 8. The molecule has 0 aromatic heterocycles. The van der Waals surface area contributed by atoms with Crippen LogP contribution in [-0.4, -0.2) is 40.9 Å². The Kier molecular flexibility index (Phi) is 8.57. The number of halogens is 2. The summed E-state index contributed by atoms with van der Waals surface area (Å²) in [5.74, 6) is 2.27. The van der Waals surface area contributed by atoms with Gasteiger partial charge < -0.3 is 24.8 Å². The van der Waals surface area contributed by atoms with Crippen LogP contribution in [0.4, 0.5) is 4.39 Å². The minimum Gasteiger partial charge on any atom is -0.493 e. The van der Waals surface area contributed by atoms with E-state index in [1.54, 1.807) is 34.4 Å². The summed E-state index contributed by atoms with van der Waals surface area (Å²) in [7, 11) is 6.47. The second-order valence-corrected chi connectivity index (χ2v) is 7.07. The number of methoxy groups -OCH3 is 3. The third-order valence-corrected chi connectivity index (χ3v) is 5.30. The predicted molar refractivity (Wildman–Crippen MR) is 127 cm³/mol. The fourth-order valence-electron chi connectivity index (χ4n) is 3.48. The highest BCUT2D eigenvalue weighted by Gasteiger charge is 2.45. The molecule has 1 aliphatic carbocycles. The maximum atomic E-state index is 14.2. The van der Waals surface area contributed by atoms with Crippen LogP contribution in [-0.2, 0) is 12.0 Å². The lowest BCUT2D eigenvalue weighted by molar-refractivity contribution is 0.323. The van der Waals surface area contributed by atoms with Crippen molar-refractivity contribution in [2.24, 2.45) is 4.99 Å². The Morgan fingerprint density at radius 1 is 1.03 bits per heavy atom. The molecule has 2 aromatic carbocycles. The molecule has 0 bridgehead atoms. The number of aliphatic imine (C=N–C) groups is 1. The normalized spacial score (nSPS) is 14.4. The third-order valence-electron chi connectivity index (χ3n) is 5.30.